The first-order valence-electron chi connectivity index (χ1n) is 9.48. The molecule has 2 aromatic rings. The second-order valence-electron chi connectivity index (χ2n) is 6.33. The Bertz CT molecular complexity index is 685. The summed E-state index contributed by atoms with van der Waals surface area (Å²) in [6.07, 6.45) is 4.43. The number of oxime groups is 1. The van der Waals surface area contributed by atoms with Crippen molar-refractivity contribution in [2.24, 2.45) is 5.16 Å². The quantitative estimate of drug-likeness (QED) is 0.384. The van der Waals surface area contributed by atoms with E-state index in [4.69, 9.17) is 9.57 Å². The molecule has 1 aliphatic heterocycles. The van der Waals surface area contributed by atoms with Crippen LogP contribution >= 0.6 is 0 Å². The van der Waals surface area contributed by atoms with E-state index in [-0.39, 0.29) is 0 Å². The van der Waals surface area contributed by atoms with Gasteiger partial charge >= 0.3 is 0 Å². The van der Waals surface area contributed by atoms with Crippen LogP contribution in [-0.2, 0) is 4.84 Å². The largest absolute Gasteiger partial charge is 0.494 e. The number of aromatic nitrogens is 2. The molecule has 0 atom stereocenters. The smallest absolute Gasteiger partial charge is 0.151 e. The van der Waals surface area contributed by atoms with Gasteiger partial charge in [0.15, 0.2) is 5.82 Å². The van der Waals surface area contributed by atoms with E-state index >= 15 is 0 Å². The summed E-state index contributed by atoms with van der Waals surface area (Å²) in [4.78, 5) is 9.72. The van der Waals surface area contributed by atoms with E-state index in [0.717, 1.165) is 62.9 Å². The molecule has 0 bridgehead atoms. The zero-order valence-electron chi connectivity index (χ0n) is 15.8. The van der Waals surface area contributed by atoms with Crippen LogP contribution in [0, 0.1) is 0 Å². The molecule has 0 aliphatic carbocycles. The molecule has 0 spiro atoms. The molecule has 0 N–H and O–H groups in total. The monoisotopic (exact) mass is 369 g/mol. The molecule has 0 unspecified atom stereocenters. The van der Waals surface area contributed by atoms with Gasteiger partial charge in [0.1, 0.15) is 12.4 Å². The maximum atomic E-state index is 5.84. The molecule has 7 heteroatoms. The van der Waals surface area contributed by atoms with Crippen molar-refractivity contribution in [2.45, 2.75) is 13.3 Å². The molecule has 0 saturated carbocycles. The van der Waals surface area contributed by atoms with E-state index in [1.165, 1.54) is 0 Å². The number of anilines is 1. The van der Waals surface area contributed by atoms with Gasteiger partial charge in [0.25, 0.3) is 0 Å². The Kier molecular flexibility index (Phi) is 7.41. The lowest BCUT2D eigenvalue weighted by atomic mass is 10.2. The Morgan fingerprint density at radius 3 is 2.63 bits per heavy atom. The predicted octanol–water partition coefficient (Wildman–Crippen LogP) is 2.44. The molecule has 3 rings (SSSR count). The minimum Gasteiger partial charge on any atom is -0.494 e. The molecule has 1 aliphatic rings. The maximum absolute atomic E-state index is 5.84. The molecular formula is C20H27N5O2. The van der Waals surface area contributed by atoms with Gasteiger partial charge in [-0.25, -0.2) is 0 Å². The zero-order chi connectivity index (χ0) is 18.7. The van der Waals surface area contributed by atoms with Crippen molar-refractivity contribution < 1.29 is 9.57 Å². The number of nitrogens with zero attached hydrogens (tertiary/aromatic N) is 5. The van der Waals surface area contributed by atoms with Crippen molar-refractivity contribution >= 4 is 12.0 Å². The van der Waals surface area contributed by atoms with Crippen LogP contribution in [0.15, 0.2) is 47.8 Å². The highest BCUT2D eigenvalue weighted by Gasteiger charge is 2.17. The molecule has 0 radical (unpaired) electrons. The lowest BCUT2D eigenvalue weighted by Gasteiger charge is -2.35. The molecular weight excluding hydrogens is 342 g/mol. The van der Waals surface area contributed by atoms with Crippen molar-refractivity contribution in [1.29, 1.82) is 0 Å². The molecule has 1 fully saturated rings. The van der Waals surface area contributed by atoms with Crippen molar-refractivity contribution in [2.75, 3.05) is 50.8 Å². The second-order valence-corrected chi connectivity index (χ2v) is 6.33. The van der Waals surface area contributed by atoms with Crippen LogP contribution in [0.2, 0.25) is 0 Å². The number of hydrogen-bond acceptors (Lipinski definition) is 7. The average molecular weight is 369 g/mol. The van der Waals surface area contributed by atoms with Crippen LogP contribution < -0.4 is 9.64 Å². The first-order valence-corrected chi connectivity index (χ1v) is 9.48. The average Bonchev–Trinajstić information content (AvgIpc) is 2.73. The number of ether oxygens (including phenoxy) is 1. The van der Waals surface area contributed by atoms with Crippen LogP contribution in [0.3, 0.4) is 0 Å². The molecule has 2 heterocycles. The molecule has 1 aromatic heterocycles. The summed E-state index contributed by atoms with van der Waals surface area (Å²) in [5.74, 6) is 1.85. The SMILES string of the molecule is CCO/N=C/c1ccc(OCCCN2CCN(c3cccnn3)CC2)cc1. The summed E-state index contributed by atoms with van der Waals surface area (Å²) in [5, 5.41) is 12.0. The Morgan fingerprint density at radius 1 is 1.11 bits per heavy atom. The van der Waals surface area contributed by atoms with Crippen LogP contribution in [0.1, 0.15) is 18.9 Å². The van der Waals surface area contributed by atoms with Crippen LogP contribution in [0.5, 0.6) is 5.75 Å². The van der Waals surface area contributed by atoms with Gasteiger partial charge in [-0.2, -0.15) is 5.10 Å². The Hall–Kier alpha value is -2.67. The highest BCUT2D eigenvalue weighted by Crippen LogP contribution is 2.13. The molecule has 7 nitrogen and oxygen atoms in total. The van der Waals surface area contributed by atoms with Gasteiger partial charge in [0, 0.05) is 38.9 Å². The fourth-order valence-corrected chi connectivity index (χ4v) is 2.96. The van der Waals surface area contributed by atoms with E-state index < -0.39 is 0 Å². The minimum atomic E-state index is 0.576. The molecule has 1 saturated heterocycles. The first kappa shape index (κ1) is 19.1. The van der Waals surface area contributed by atoms with Gasteiger partial charge < -0.3 is 14.5 Å². The molecule has 0 amide bonds. The molecule has 1 aromatic carbocycles. The summed E-state index contributed by atoms with van der Waals surface area (Å²) in [6.45, 7) is 8.33. The third-order valence-electron chi connectivity index (χ3n) is 4.43. The Morgan fingerprint density at radius 2 is 1.93 bits per heavy atom. The van der Waals surface area contributed by atoms with Gasteiger partial charge in [-0.3, -0.25) is 4.90 Å². The fourth-order valence-electron chi connectivity index (χ4n) is 2.96. The van der Waals surface area contributed by atoms with Gasteiger partial charge in [-0.05, 0) is 55.3 Å². The second kappa shape index (κ2) is 10.5. The topological polar surface area (TPSA) is 63.1 Å². The number of benzene rings is 1. The predicted molar refractivity (Wildman–Crippen MR) is 106 cm³/mol. The maximum Gasteiger partial charge on any atom is 0.151 e. The summed E-state index contributed by atoms with van der Waals surface area (Å²) in [5.41, 5.74) is 0.997. The highest BCUT2D eigenvalue weighted by atomic mass is 16.6. The third-order valence-corrected chi connectivity index (χ3v) is 4.43. The number of hydrogen-bond donors (Lipinski definition) is 0. The summed E-state index contributed by atoms with van der Waals surface area (Å²) >= 11 is 0. The summed E-state index contributed by atoms with van der Waals surface area (Å²) < 4.78 is 5.84. The van der Waals surface area contributed by atoms with Gasteiger partial charge in [-0.15, -0.1) is 5.10 Å². The van der Waals surface area contributed by atoms with E-state index in [2.05, 4.69) is 25.2 Å². The zero-order valence-corrected chi connectivity index (χ0v) is 15.8. The van der Waals surface area contributed by atoms with E-state index in [1.807, 2.05) is 43.3 Å². The number of rotatable bonds is 9. The van der Waals surface area contributed by atoms with Crippen molar-refractivity contribution in [1.82, 2.24) is 15.1 Å². The van der Waals surface area contributed by atoms with Crippen LogP contribution in [-0.4, -0.2) is 67.2 Å². The molecule has 27 heavy (non-hydrogen) atoms. The standard InChI is InChI=1S/C20H27N5O2/c1-2-27-22-17-18-6-8-19(9-7-18)26-16-4-11-24-12-14-25(15-13-24)20-5-3-10-21-23-20/h3,5-10,17H,2,4,11-16H2,1H3/b22-17+. The van der Waals surface area contributed by atoms with Crippen LogP contribution in [0.4, 0.5) is 5.82 Å². The molecule has 144 valence electrons. The van der Waals surface area contributed by atoms with Gasteiger partial charge in [-0.1, -0.05) is 5.16 Å². The summed E-state index contributed by atoms with van der Waals surface area (Å²) in [6, 6.07) is 11.8. The lowest BCUT2D eigenvalue weighted by Crippen LogP contribution is -2.47. The van der Waals surface area contributed by atoms with Crippen molar-refractivity contribution in [3.63, 3.8) is 0 Å². The summed E-state index contributed by atoms with van der Waals surface area (Å²) in [7, 11) is 0. The van der Waals surface area contributed by atoms with Gasteiger partial charge in [0.2, 0.25) is 0 Å². The van der Waals surface area contributed by atoms with Crippen molar-refractivity contribution in [3.05, 3.63) is 48.2 Å². The van der Waals surface area contributed by atoms with E-state index in [9.17, 15) is 0 Å². The fraction of sp³-hybridized carbons (Fsp3) is 0.450. The highest BCUT2D eigenvalue weighted by molar-refractivity contribution is 5.79. The number of piperazine rings is 1. The van der Waals surface area contributed by atoms with Gasteiger partial charge in [0.05, 0.1) is 12.8 Å². The van der Waals surface area contributed by atoms with E-state index in [1.54, 1.807) is 12.4 Å². The minimum absolute atomic E-state index is 0.576. The van der Waals surface area contributed by atoms with Crippen molar-refractivity contribution in [3.8, 4) is 5.75 Å². The van der Waals surface area contributed by atoms with Crippen LogP contribution in [0.25, 0.3) is 0 Å². The Balaban J connectivity index is 1.32. The lowest BCUT2D eigenvalue weighted by molar-refractivity contribution is 0.160. The van der Waals surface area contributed by atoms with E-state index in [0.29, 0.717) is 6.61 Å². The Labute approximate surface area is 160 Å². The first-order chi connectivity index (χ1) is 13.3. The normalized spacial score (nSPS) is 15.2. The third kappa shape index (κ3) is 6.21.